The smallest absolute Gasteiger partial charge is 0.246 e. The molecular weight excluding hydrogens is 448 g/mol. The maximum Gasteiger partial charge on any atom is 0.246 e. The summed E-state index contributed by atoms with van der Waals surface area (Å²) in [5.74, 6) is 1.77. The lowest BCUT2D eigenvalue weighted by Crippen LogP contribution is -2.32. The number of carbonyl (C=O) groups is 1. The lowest BCUT2D eigenvalue weighted by atomic mass is 10.2. The molecule has 1 amide bonds. The van der Waals surface area contributed by atoms with E-state index in [0.29, 0.717) is 23.7 Å². The number of amides is 1. The van der Waals surface area contributed by atoms with E-state index in [0.717, 1.165) is 17.6 Å². The van der Waals surface area contributed by atoms with Crippen LogP contribution in [0.2, 0.25) is 0 Å². The van der Waals surface area contributed by atoms with Gasteiger partial charge in [-0.3, -0.25) is 9.10 Å². The van der Waals surface area contributed by atoms with Gasteiger partial charge in [0.15, 0.2) is 0 Å². The molecule has 3 rings (SSSR count). The van der Waals surface area contributed by atoms with Gasteiger partial charge >= 0.3 is 0 Å². The summed E-state index contributed by atoms with van der Waals surface area (Å²) in [4.78, 5) is 16.5. The van der Waals surface area contributed by atoms with Crippen molar-refractivity contribution in [1.82, 2.24) is 15.5 Å². The minimum atomic E-state index is -3.50. The molecule has 11 heteroatoms. The van der Waals surface area contributed by atoms with E-state index in [4.69, 9.17) is 14.0 Å². The Morgan fingerprint density at radius 3 is 2.21 bits per heavy atom. The van der Waals surface area contributed by atoms with Crippen LogP contribution < -0.4 is 19.1 Å². The third-order valence-corrected chi connectivity index (χ3v) is 5.97. The van der Waals surface area contributed by atoms with E-state index in [1.165, 1.54) is 11.4 Å². The van der Waals surface area contributed by atoms with Crippen LogP contribution in [0, 0.1) is 0 Å². The van der Waals surface area contributed by atoms with Crippen LogP contribution in [-0.4, -0.2) is 51.5 Å². The van der Waals surface area contributed by atoms with Crippen molar-refractivity contribution >= 4 is 21.6 Å². The lowest BCUT2D eigenvalue weighted by molar-refractivity contribution is -0.121. The zero-order valence-corrected chi connectivity index (χ0v) is 19.5. The van der Waals surface area contributed by atoms with E-state index in [1.807, 2.05) is 12.1 Å². The van der Waals surface area contributed by atoms with Crippen molar-refractivity contribution in [3.8, 4) is 22.9 Å². The number of benzene rings is 2. The minimum absolute atomic E-state index is 0.0796. The topological polar surface area (TPSA) is 124 Å². The number of nitrogens with zero attached hydrogens (tertiary/aromatic N) is 3. The zero-order valence-electron chi connectivity index (χ0n) is 18.6. The highest BCUT2D eigenvalue weighted by molar-refractivity contribution is 7.92. The molecule has 0 aliphatic rings. The summed E-state index contributed by atoms with van der Waals surface area (Å²) in [6.07, 6.45) is 1.61. The molecule has 0 bridgehead atoms. The largest absolute Gasteiger partial charge is 0.497 e. The fourth-order valence-electron chi connectivity index (χ4n) is 3.06. The van der Waals surface area contributed by atoms with Crippen molar-refractivity contribution in [3.63, 3.8) is 0 Å². The van der Waals surface area contributed by atoms with Crippen LogP contribution in [0.15, 0.2) is 53.1 Å². The highest BCUT2D eigenvalue weighted by Gasteiger charge is 2.18. The van der Waals surface area contributed by atoms with Gasteiger partial charge in [-0.2, -0.15) is 4.98 Å². The van der Waals surface area contributed by atoms with E-state index < -0.39 is 10.0 Å². The maximum absolute atomic E-state index is 12.2. The molecule has 0 fully saturated rings. The number of hydrogen-bond donors (Lipinski definition) is 1. The Morgan fingerprint density at radius 1 is 1.03 bits per heavy atom. The van der Waals surface area contributed by atoms with E-state index >= 15 is 0 Å². The standard InChI is InChI=1S/C22H26N4O6S/c1-30-18-10-6-16(7-11-18)22-24-21(32-25-22)15-23-20(27)5-4-14-26(33(3,28)29)17-8-12-19(31-2)13-9-17/h6-13H,4-5,14-15H2,1-3H3,(H,23,27). The Balaban J connectivity index is 1.49. The first-order valence-corrected chi connectivity index (χ1v) is 12.0. The second-order valence-electron chi connectivity index (χ2n) is 7.15. The lowest BCUT2D eigenvalue weighted by Gasteiger charge is -2.22. The molecule has 0 saturated heterocycles. The fraction of sp³-hybridized carbons (Fsp3) is 0.318. The molecule has 33 heavy (non-hydrogen) atoms. The quantitative estimate of drug-likeness (QED) is 0.450. The average molecular weight is 475 g/mol. The van der Waals surface area contributed by atoms with Crippen molar-refractivity contribution in [1.29, 1.82) is 0 Å². The predicted molar refractivity (Wildman–Crippen MR) is 123 cm³/mol. The van der Waals surface area contributed by atoms with E-state index in [9.17, 15) is 13.2 Å². The molecule has 0 atom stereocenters. The summed E-state index contributed by atoms with van der Waals surface area (Å²) in [7, 11) is -0.376. The number of hydrogen-bond acceptors (Lipinski definition) is 8. The van der Waals surface area contributed by atoms with Crippen molar-refractivity contribution in [3.05, 3.63) is 54.4 Å². The van der Waals surface area contributed by atoms with Gasteiger partial charge in [0.2, 0.25) is 27.6 Å². The number of sulfonamides is 1. The molecule has 176 valence electrons. The molecule has 1 N–H and O–H groups in total. The molecule has 0 saturated carbocycles. The highest BCUT2D eigenvalue weighted by atomic mass is 32.2. The molecular formula is C22H26N4O6S. The van der Waals surface area contributed by atoms with Crippen LogP contribution in [-0.2, 0) is 21.4 Å². The second-order valence-corrected chi connectivity index (χ2v) is 9.06. The van der Waals surface area contributed by atoms with Crippen LogP contribution >= 0.6 is 0 Å². The number of rotatable bonds is 11. The molecule has 0 radical (unpaired) electrons. The first-order valence-electron chi connectivity index (χ1n) is 10.2. The van der Waals surface area contributed by atoms with Gasteiger partial charge in [-0.25, -0.2) is 8.42 Å². The van der Waals surface area contributed by atoms with Crippen LogP contribution in [0.4, 0.5) is 5.69 Å². The summed E-state index contributed by atoms with van der Waals surface area (Å²) >= 11 is 0. The Kier molecular flexibility index (Phi) is 7.88. The first-order chi connectivity index (χ1) is 15.8. The van der Waals surface area contributed by atoms with Crippen molar-refractivity contribution < 1.29 is 27.2 Å². The number of methoxy groups -OCH3 is 2. The van der Waals surface area contributed by atoms with E-state index in [-0.39, 0.29) is 31.3 Å². The second kappa shape index (κ2) is 10.8. The third kappa shape index (κ3) is 6.69. The zero-order chi connectivity index (χ0) is 23.8. The van der Waals surface area contributed by atoms with Gasteiger partial charge in [-0.05, 0) is 55.0 Å². The predicted octanol–water partition coefficient (Wildman–Crippen LogP) is 2.62. The van der Waals surface area contributed by atoms with E-state index in [2.05, 4.69) is 15.5 Å². The Morgan fingerprint density at radius 2 is 1.64 bits per heavy atom. The molecule has 0 unspecified atom stereocenters. The molecule has 0 aliphatic heterocycles. The van der Waals surface area contributed by atoms with Gasteiger partial charge in [0, 0.05) is 18.5 Å². The molecule has 3 aromatic rings. The number of aromatic nitrogens is 2. The van der Waals surface area contributed by atoms with Gasteiger partial charge in [0.1, 0.15) is 11.5 Å². The molecule has 2 aromatic carbocycles. The van der Waals surface area contributed by atoms with E-state index in [1.54, 1.807) is 43.5 Å². The molecule has 1 aromatic heterocycles. The summed E-state index contributed by atoms with van der Waals surface area (Å²) < 4.78 is 41.0. The maximum atomic E-state index is 12.2. The summed E-state index contributed by atoms with van der Waals surface area (Å²) in [6, 6.07) is 13.9. The van der Waals surface area contributed by atoms with Crippen LogP contribution in [0.5, 0.6) is 11.5 Å². The highest BCUT2D eigenvalue weighted by Crippen LogP contribution is 2.22. The first kappa shape index (κ1) is 24.1. The molecule has 0 aliphatic carbocycles. The Hall–Kier alpha value is -3.60. The van der Waals surface area contributed by atoms with Crippen LogP contribution in [0.1, 0.15) is 18.7 Å². The monoisotopic (exact) mass is 474 g/mol. The average Bonchev–Trinajstić information content (AvgIpc) is 3.29. The van der Waals surface area contributed by atoms with Crippen molar-refractivity contribution in [2.75, 3.05) is 31.3 Å². The summed E-state index contributed by atoms with van der Waals surface area (Å²) in [6.45, 7) is 0.247. The fourth-order valence-corrected chi connectivity index (χ4v) is 4.03. The third-order valence-electron chi connectivity index (χ3n) is 4.78. The molecule has 10 nitrogen and oxygen atoms in total. The number of anilines is 1. The normalized spacial score (nSPS) is 11.1. The number of ether oxygens (including phenoxy) is 2. The van der Waals surface area contributed by atoms with Gasteiger partial charge < -0.3 is 19.3 Å². The van der Waals surface area contributed by atoms with Gasteiger partial charge in [-0.1, -0.05) is 5.16 Å². The summed E-state index contributed by atoms with van der Waals surface area (Å²) in [5, 5.41) is 6.63. The van der Waals surface area contributed by atoms with Crippen molar-refractivity contribution in [2.24, 2.45) is 0 Å². The van der Waals surface area contributed by atoms with Gasteiger partial charge in [0.05, 0.1) is 32.7 Å². The van der Waals surface area contributed by atoms with Gasteiger partial charge in [0.25, 0.3) is 0 Å². The minimum Gasteiger partial charge on any atom is -0.497 e. The van der Waals surface area contributed by atoms with Gasteiger partial charge in [-0.15, -0.1) is 0 Å². The summed E-state index contributed by atoms with van der Waals surface area (Å²) in [5.41, 5.74) is 1.27. The molecule has 0 spiro atoms. The number of carbonyl (C=O) groups excluding carboxylic acids is 1. The van der Waals surface area contributed by atoms with Crippen molar-refractivity contribution in [2.45, 2.75) is 19.4 Å². The number of nitrogens with one attached hydrogen (secondary N) is 1. The Bertz CT molecular complexity index is 1160. The molecule has 1 heterocycles. The van der Waals surface area contributed by atoms with Crippen LogP contribution in [0.3, 0.4) is 0 Å². The SMILES string of the molecule is COc1ccc(-c2noc(CNC(=O)CCCN(c3ccc(OC)cc3)S(C)(=O)=O)n2)cc1. The Labute approximate surface area is 192 Å². The van der Waals surface area contributed by atoms with Crippen LogP contribution in [0.25, 0.3) is 11.4 Å².